The van der Waals surface area contributed by atoms with Crippen molar-refractivity contribution in [1.29, 1.82) is 0 Å². The van der Waals surface area contributed by atoms with Crippen molar-refractivity contribution in [3.05, 3.63) is 53.6 Å². The van der Waals surface area contributed by atoms with Crippen LogP contribution in [0, 0.1) is 29.1 Å². The normalized spacial score (nSPS) is 29.2. The maximum Gasteiger partial charge on any atom is 0.251 e. The van der Waals surface area contributed by atoms with Crippen molar-refractivity contribution in [3.8, 4) is 16.9 Å². The summed E-state index contributed by atoms with van der Waals surface area (Å²) in [5.74, 6) is 1.14. The Labute approximate surface area is 273 Å². The SMILES string of the molecule is COc1c(CN2O[C@@H](CO)[C@H]([C@H](C)O)[C@H]2C(=O)N[C@H]2C[C@H]3C[C@H]([C@@H]2C)C3(C)C)cccc1-c1cccc(C(=O)NCCN(C)C)c1. The highest BCUT2D eigenvalue weighted by atomic mass is 16.7. The molecular formula is C36H52N4O6. The maximum absolute atomic E-state index is 14.1. The summed E-state index contributed by atoms with van der Waals surface area (Å²) in [6, 6.07) is 12.4. The first-order chi connectivity index (χ1) is 21.9. The molecule has 0 aromatic heterocycles. The number of para-hydroxylation sites is 1. The largest absolute Gasteiger partial charge is 0.496 e. The second-order valence-electron chi connectivity index (χ2n) is 14.4. The van der Waals surface area contributed by atoms with Crippen LogP contribution < -0.4 is 15.4 Å². The third kappa shape index (κ3) is 6.69. The number of methoxy groups -OCH3 is 1. The minimum Gasteiger partial charge on any atom is -0.496 e. The zero-order chi connectivity index (χ0) is 33.3. The topological polar surface area (TPSA) is 124 Å². The van der Waals surface area contributed by atoms with Gasteiger partial charge in [0, 0.05) is 41.7 Å². The summed E-state index contributed by atoms with van der Waals surface area (Å²) in [6.45, 7) is 9.70. The summed E-state index contributed by atoms with van der Waals surface area (Å²) in [5.41, 5.74) is 3.23. The first-order valence-corrected chi connectivity index (χ1v) is 16.6. The Morgan fingerprint density at radius 3 is 2.54 bits per heavy atom. The average Bonchev–Trinajstić information content (AvgIpc) is 3.40. The monoisotopic (exact) mass is 636 g/mol. The number of carbonyl (C=O) groups is 2. The van der Waals surface area contributed by atoms with Crippen LogP contribution in [0.3, 0.4) is 0 Å². The van der Waals surface area contributed by atoms with Gasteiger partial charge in [-0.3, -0.25) is 14.4 Å². The van der Waals surface area contributed by atoms with Gasteiger partial charge in [0.15, 0.2) is 0 Å². The smallest absolute Gasteiger partial charge is 0.251 e. The van der Waals surface area contributed by atoms with Crippen molar-refractivity contribution >= 4 is 11.8 Å². The Bertz CT molecular complexity index is 1400. The van der Waals surface area contributed by atoms with Gasteiger partial charge in [0.25, 0.3) is 5.91 Å². The number of carbonyl (C=O) groups excluding carboxylic acids is 2. The molecule has 4 N–H and O–H groups in total. The first-order valence-electron chi connectivity index (χ1n) is 16.6. The van der Waals surface area contributed by atoms with Crippen LogP contribution >= 0.6 is 0 Å². The fraction of sp³-hybridized carbons (Fsp3) is 0.611. The Kier molecular flexibility index (Phi) is 10.4. The Balaban J connectivity index is 1.39. The Hall–Kier alpha value is -3.02. The average molecular weight is 637 g/mol. The number of hydrogen-bond acceptors (Lipinski definition) is 8. The molecule has 4 fully saturated rings. The van der Waals surface area contributed by atoms with Gasteiger partial charge in [-0.1, -0.05) is 51.1 Å². The number of hydroxylamine groups is 2. The fourth-order valence-electron chi connectivity index (χ4n) is 8.15. The summed E-state index contributed by atoms with van der Waals surface area (Å²) in [4.78, 5) is 35.1. The van der Waals surface area contributed by atoms with Crippen molar-refractivity contribution in [2.45, 2.75) is 71.4 Å². The Morgan fingerprint density at radius 2 is 1.91 bits per heavy atom. The molecule has 8 atom stereocenters. The second-order valence-corrected chi connectivity index (χ2v) is 14.4. The third-order valence-electron chi connectivity index (χ3n) is 11.0. The molecule has 3 aliphatic carbocycles. The lowest BCUT2D eigenvalue weighted by Gasteiger charge is -2.62. The Morgan fingerprint density at radius 1 is 1.17 bits per heavy atom. The highest BCUT2D eigenvalue weighted by molar-refractivity contribution is 5.95. The molecule has 0 unspecified atom stereocenters. The molecule has 3 saturated carbocycles. The second kappa shape index (κ2) is 14.0. The minimum atomic E-state index is -0.881. The van der Waals surface area contributed by atoms with Gasteiger partial charge in [-0.05, 0) is 74.7 Å². The maximum atomic E-state index is 14.1. The van der Waals surface area contributed by atoms with Gasteiger partial charge in [0.2, 0.25) is 5.91 Å². The summed E-state index contributed by atoms with van der Waals surface area (Å²) < 4.78 is 5.94. The quantitative estimate of drug-likeness (QED) is 0.280. The minimum absolute atomic E-state index is 0.0548. The standard InChI is InChI=1S/C36H52N4O6/c1-21-28-17-26(36(28,3)4)18-29(21)38-35(44)32-31(22(2)42)30(20-41)46-40(32)19-25-12-9-13-27(33(25)45-7)23-10-8-11-24(16-23)34(43)37-14-15-39(5)6/h8-13,16,21-22,26,28-32,41-42H,14-15,17-20H2,1-7H3,(H,37,43)(H,38,44)/t21-,22-,26+,28+,29-,30-,31-,32-/m0/s1. The van der Waals surface area contributed by atoms with E-state index in [1.54, 1.807) is 25.2 Å². The molecule has 0 spiro atoms. The zero-order valence-electron chi connectivity index (χ0n) is 28.3. The van der Waals surface area contributed by atoms with Crippen molar-refractivity contribution in [2.75, 3.05) is 40.9 Å². The molecule has 1 heterocycles. The predicted molar refractivity (Wildman–Crippen MR) is 177 cm³/mol. The summed E-state index contributed by atoms with van der Waals surface area (Å²) in [6.07, 6.45) is 0.537. The van der Waals surface area contributed by atoms with E-state index in [9.17, 15) is 19.8 Å². The van der Waals surface area contributed by atoms with E-state index in [-0.39, 0.29) is 31.0 Å². The fourth-order valence-corrected chi connectivity index (χ4v) is 8.15. The molecule has 0 radical (unpaired) electrons. The van der Waals surface area contributed by atoms with Crippen LogP contribution in [0.15, 0.2) is 42.5 Å². The van der Waals surface area contributed by atoms with E-state index in [0.717, 1.165) is 29.7 Å². The number of amides is 2. The number of aliphatic hydroxyl groups excluding tert-OH is 2. The van der Waals surface area contributed by atoms with E-state index in [2.05, 4.69) is 31.4 Å². The lowest BCUT2D eigenvalue weighted by atomic mass is 9.45. The van der Waals surface area contributed by atoms with Crippen LogP contribution in [0.25, 0.3) is 11.1 Å². The van der Waals surface area contributed by atoms with E-state index >= 15 is 0 Å². The van der Waals surface area contributed by atoms with Crippen molar-refractivity contribution in [3.63, 3.8) is 0 Å². The van der Waals surface area contributed by atoms with Crippen LogP contribution in [0.2, 0.25) is 0 Å². The molecule has 1 saturated heterocycles. The zero-order valence-corrected chi connectivity index (χ0v) is 28.3. The number of nitrogens with zero attached hydrogens (tertiary/aromatic N) is 2. The van der Waals surface area contributed by atoms with E-state index < -0.39 is 24.2 Å². The molecule has 2 aromatic carbocycles. The summed E-state index contributed by atoms with van der Waals surface area (Å²) in [5, 5.41) is 28.9. The van der Waals surface area contributed by atoms with Crippen LogP contribution in [0.5, 0.6) is 5.75 Å². The number of ether oxygens (including phenoxy) is 1. The van der Waals surface area contributed by atoms with Crippen LogP contribution in [-0.4, -0.2) is 97.2 Å². The van der Waals surface area contributed by atoms with E-state index in [1.807, 2.05) is 55.4 Å². The molecule has 46 heavy (non-hydrogen) atoms. The summed E-state index contributed by atoms with van der Waals surface area (Å²) in [7, 11) is 5.52. The molecule has 2 bridgehead atoms. The van der Waals surface area contributed by atoms with Gasteiger partial charge in [0.05, 0.1) is 26.4 Å². The van der Waals surface area contributed by atoms with E-state index in [1.165, 1.54) is 6.42 Å². The van der Waals surface area contributed by atoms with Crippen LogP contribution in [-0.2, 0) is 16.2 Å². The number of benzene rings is 2. The molecule has 4 aliphatic rings. The van der Waals surface area contributed by atoms with Gasteiger partial charge >= 0.3 is 0 Å². The molecule has 1 aliphatic heterocycles. The van der Waals surface area contributed by atoms with Gasteiger partial charge in [0.1, 0.15) is 17.9 Å². The molecule has 6 rings (SSSR count). The number of fused-ring (bicyclic) bond motifs is 2. The molecule has 10 heteroatoms. The summed E-state index contributed by atoms with van der Waals surface area (Å²) >= 11 is 0. The van der Waals surface area contributed by atoms with Gasteiger partial charge in [-0.15, -0.1) is 0 Å². The van der Waals surface area contributed by atoms with Crippen molar-refractivity contribution in [1.82, 2.24) is 20.6 Å². The van der Waals surface area contributed by atoms with Gasteiger partial charge in [-0.25, -0.2) is 0 Å². The molecule has 2 aromatic rings. The van der Waals surface area contributed by atoms with Crippen LogP contribution in [0.4, 0.5) is 0 Å². The van der Waals surface area contributed by atoms with E-state index in [4.69, 9.17) is 9.57 Å². The lowest BCUT2D eigenvalue weighted by molar-refractivity contribution is -0.183. The highest BCUT2D eigenvalue weighted by Gasteiger charge is 2.57. The molecule has 2 amide bonds. The van der Waals surface area contributed by atoms with Gasteiger partial charge in [-0.2, -0.15) is 5.06 Å². The number of aliphatic hydroxyl groups is 2. The first kappa shape index (κ1) is 34.3. The number of nitrogens with one attached hydrogen (secondary N) is 2. The number of likely N-dealkylation sites (N-methyl/N-ethyl adjacent to an activating group) is 1. The van der Waals surface area contributed by atoms with Crippen molar-refractivity contribution in [2.24, 2.45) is 29.1 Å². The molecule has 252 valence electrons. The third-order valence-corrected chi connectivity index (χ3v) is 11.0. The van der Waals surface area contributed by atoms with Gasteiger partial charge < -0.3 is 30.5 Å². The number of hydrogen-bond donors (Lipinski definition) is 4. The highest BCUT2D eigenvalue weighted by Crippen LogP contribution is 2.61. The molecule has 10 nitrogen and oxygen atoms in total. The lowest BCUT2D eigenvalue weighted by Crippen LogP contribution is -2.62. The predicted octanol–water partition coefficient (Wildman–Crippen LogP) is 3.31. The number of rotatable bonds is 12. The van der Waals surface area contributed by atoms with Crippen molar-refractivity contribution < 1.29 is 29.4 Å². The van der Waals surface area contributed by atoms with Crippen LogP contribution in [0.1, 0.15) is 56.5 Å². The molecular weight excluding hydrogens is 584 g/mol. The van der Waals surface area contributed by atoms with E-state index in [0.29, 0.717) is 41.0 Å².